The second kappa shape index (κ2) is 9.03. The number of carbonyl (C=O) groups is 1. The van der Waals surface area contributed by atoms with Gasteiger partial charge in [-0.1, -0.05) is 31.2 Å². The third-order valence-electron chi connectivity index (χ3n) is 3.73. The molecule has 5 heteroatoms. The maximum atomic E-state index is 12.4. The van der Waals surface area contributed by atoms with Gasteiger partial charge in [0, 0.05) is 19.3 Å². The van der Waals surface area contributed by atoms with Crippen molar-refractivity contribution in [2.45, 2.75) is 26.9 Å². The number of nitrogens with zero attached hydrogens (tertiary/aromatic N) is 2. The molecule has 2 rings (SSSR count). The summed E-state index contributed by atoms with van der Waals surface area (Å²) in [5.74, 6) is 0.193. The van der Waals surface area contributed by atoms with Crippen molar-refractivity contribution in [3.8, 4) is 5.88 Å². The summed E-state index contributed by atoms with van der Waals surface area (Å²) >= 11 is 0. The van der Waals surface area contributed by atoms with Crippen LogP contribution < -0.4 is 10.1 Å². The van der Waals surface area contributed by atoms with Crippen molar-refractivity contribution in [3.63, 3.8) is 0 Å². The third kappa shape index (κ3) is 5.06. The number of carbonyl (C=O) groups excluding carboxylic acids is 1. The molecule has 0 bridgehead atoms. The highest BCUT2D eigenvalue weighted by atomic mass is 16.5. The average Bonchev–Trinajstić information content (AvgIpc) is 2.60. The van der Waals surface area contributed by atoms with Crippen LogP contribution in [0.2, 0.25) is 0 Å². The van der Waals surface area contributed by atoms with E-state index in [9.17, 15) is 4.79 Å². The van der Waals surface area contributed by atoms with Gasteiger partial charge in [-0.25, -0.2) is 4.98 Å². The first-order valence-corrected chi connectivity index (χ1v) is 8.26. The lowest BCUT2D eigenvalue weighted by Crippen LogP contribution is -2.24. The summed E-state index contributed by atoms with van der Waals surface area (Å²) in [5.41, 5.74) is 2.77. The second-order valence-electron chi connectivity index (χ2n) is 5.62. The van der Waals surface area contributed by atoms with Crippen LogP contribution in [0.4, 0.5) is 0 Å². The van der Waals surface area contributed by atoms with E-state index in [1.165, 1.54) is 5.56 Å². The minimum absolute atomic E-state index is 0.178. The first-order chi connectivity index (χ1) is 11.6. The Kier molecular flexibility index (Phi) is 6.75. The molecule has 0 fully saturated rings. The zero-order valence-corrected chi connectivity index (χ0v) is 14.6. The summed E-state index contributed by atoms with van der Waals surface area (Å²) in [4.78, 5) is 18.7. The predicted molar refractivity (Wildman–Crippen MR) is 95.0 cm³/mol. The van der Waals surface area contributed by atoms with Gasteiger partial charge in [-0.3, -0.25) is 4.79 Å². The molecule has 0 saturated carbocycles. The Morgan fingerprint density at radius 1 is 1.21 bits per heavy atom. The van der Waals surface area contributed by atoms with Crippen LogP contribution in [0.25, 0.3) is 0 Å². The maximum absolute atomic E-state index is 12.4. The molecule has 1 N–H and O–H groups in total. The first-order valence-electron chi connectivity index (χ1n) is 8.26. The molecule has 0 aliphatic heterocycles. The van der Waals surface area contributed by atoms with Gasteiger partial charge in [0.25, 0.3) is 5.91 Å². The minimum atomic E-state index is -0.178. The van der Waals surface area contributed by atoms with E-state index in [-0.39, 0.29) is 5.91 Å². The van der Waals surface area contributed by atoms with Crippen molar-refractivity contribution >= 4 is 5.91 Å². The number of rotatable bonds is 8. The van der Waals surface area contributed by atoms with Crippen LogP contribution in [0, 0.1) is 0 Å². The number of hydrogen-bond donors (Lipinski definition) is 1. The molecule has 0 aliphatic rings. The van der Waals surface area contributed by atoms with Crippen LogP contribution in [0.3, 0.4) is 0 Å². The number of aromatic nitrogens is 1. The van der Waals surface area contributed by atoms with Gasteiger partial charge in [0.2, 0.25) is 5.88 Å². The van der Waals surface area contributed by atoms with E-state index >= 15 is 0 Å². The van der Waals surface area contributed by atoms with E-state index in [2.05, 4.69) is 41.3 Å². The molecule has 5 nitrogen and oxygen atoms in total. The molecular weight excluding hydrogens is 302 g/mol. The zero-order valence-electron chi connectivity index (χ0n) is 14.6. The lowest BCUT2D eigenvalue weighted by Gasteiger charge is -2.14. The predicted octanol–water partition coefficient (Wildman–Crippen LogP) is 2.86. The highest BCUT2D eigenvalue weighted by Crippen LogP contribution is 2.14. The van der Waals surface area contributed by atoms with E-state index in [4.69, 9.17) is 4.74 Å². The van der Waals surface area contributed by atoms with E-state index < -0.39 is 0 Å². The van der Waals surface area contributed by atoms with Crippen LogP contribution in [0.1, 0.15) is 35.3 Å². The Hall–Kier alpha value is -2.40. The van der Waals surface area contributed by atoms with Crippen LogP contribution in [-0.4, -0.2) is 36.0 Å². The molecule has 2 aromatic rings. The quantitative estimate of drug-likeness (QED) is 0.810. The highest BCUT2D eigenvalue weighted by Gasteiger charge is 2.12. The van der Waals surface area contributed by atoms with Gasteiger partial charge in [0.15, 0.2) is 0 Å². The number of hydrogen-bond acceptors (Lipinski definition) is 4. The molecule has 0 radical (unpaired) electrons. The van der Waals surface area contributed by atoms with Crippen molar-refractivity contribution in [1.82, 2.24) is 15.2 Å². The molecule has 0 aliphatic carbocycles. The second-order valence-corrected chi connectivity index (χ2v) is 5.62. The molecule has 0 saturated heterocycles. The SMILES string of the molecule is CCOc1ncccc1C(=O)NCc1cccc(CN(C)CC)c1. The van der Waals surface area contributed by atoms with Crippen molar-refractivity contribution < 1.29 is 9.53 Å². The molecule has 24 heavy (non-hydrogen) atoms. The monoisotopic (exact) mass is 327 g/mol. The van der Waals surface area contributed by atoms with E-state index in [0.717, 1.165) is 18.7 Å². The summed E-state index contributed by atoms with van der Waals surface area (Å²) < 4.78 is 5.41. The standard InChI is InChI=1S/C19H25N3O2/c1-4-22(3)14-16-9-6-8-15(12-16)13-21-18(23)17-10-7-11-20-19(17)24-5-2/h6-12H,4-5,13-14H2,1-3H3,(H,21,23). The summed E-state index contributed by atoms with van der Waals surface area (Å²) in [6, 6.07) is 11.7. The van der Waals surface area contributed by atoms with Crippen LogP contribution in [0.15, 0.2) is 42.6 Å². The fraction of sp³-hybridized carbons (Fsp3) is 0.368. The van der Waals surface area contributed by atoms with Gasteiger partial charge < -0.3 is 15.0 Å². The fourth-order valence-electron chi connectivity index (χ4n) is 2.35. The van der Waals surface area contributed by atoms with Gasteiger partial charge in [0.1, 0.15) is 5.56 Å². The molecular formula is C19H25N3O2. The van der Waals surface area contributed by atoms with Crippen molar-refractivity contribution in [1.29, 1.82) is 0 Å². The minimum Gasteiger partial charge on any atom is -0.477 e. The van der Waals surface area contributed by atoms with Crippen LogP contribution >= 0.6 is 0 Å². The largest absolute Gasteiger partial charge is 0.477 e. The lowest BCUT2D eigenvalue weighted by atomic mass is 10.1. The Morgan fingerprint density at radius 2 is 2.00 bits per heavy atom. The first kappa shape index (κ1) is 17.9. The lowest BCUT2D eigenvalue weighted by molar-refractivity contribution is 0.0946. The highest BCUT2D eigenvalue weighted by molar-refractivity contribution is 5.96. The maximum Gasteiger partial charge on any atom is 0.257 e. The normalized spacial score (nSPS) is 10.7. The fourth-order valence-corrected chi connectivity index (χ4v) is 2.35. The van der Waals surface area contributed by atoms with Crippen LogP contribution in [-0.2, 0) is 13.1 Å². The van der Waals surface area contributed by atoms with Crippen molar-refractivity contribution in [2.75, 3.05) is 20.2 Å². The number of benzene rings is 1. The van der Waals surface area contributed by atoms with Crippen molar-refractivity contribution in [2.24, 2.45) is 0 Å². The van der Waals surface area contributed by atoms with Gasteiger partial charge in [0.05, 0.1) is 6.61 Å². The van der Waals surface area contributed by atoms with Crippen LogP contribution in [0.5, 0.6) is 5.88 Å². The van der Waals surface area contributed by atoms with E-state index in [1.807, 2.05) is 19.1 Å². The molecule has 1 amide bonds. The molecule has 0 atom stereocenters. The molecule has 0 unspecified atom stereocenters. The van der Waals surface area contributed by atoms with Crippen molar-refractivity contribution in [3.05, 3.63) is 59.3 Å². The number of pyridine rings is 1. The molecule has 1 aromatic carbocycles. The summed E-state index contributed by atoms with van der Waals surface area (Å²) in [7, 11) is 2.09. The molecule has 0 spiro atoms. The van der Waals surface area contributed by atoms with Gasteiger partial charge in [-0.15, -0.1) is 0 Å². The molecule has 1 heterocycles. The Bertz CT molecular complexity index is 673. The zero-order chi connectivity index (χ0) is 17.4. The van der Waals surface area contributed by atoms with Gasteiger partial charge in [-0.05, 0) is 43.8 Å². The number of nitrogens with one attached hydrogen (secondary N) is 1. The van der Waals surface area contributed by atoms with E-state index in [0.29, 0.717) is 24.6 Å². The van der Waals surface area contributed by atoms with Gasteiger partial charge in [-0.2, -0.15) is 0 Å². The summed E-state index contributed by atoms with van der Waals surface area (Å²) in [6.07, 6.45) is 1.62. The Morgan fingerprint density at radius 3 is 2.75 bits per heavy atom. The topological polar surface area (TPSA) is 54.5 Å². The Labute approximate surface area is 143 Å². The van der Waals surface area contributed by atoms with E-state index in [1.54, 1.807) is 18.3 Å². The smallest absolute Gasteiger partial charge is 0.257 e. The van der Waals surface area contributed by atoms with Gasteiger partial charge >= 0.3 is 0 Å². The average molecular weight is 327 g/mol. The summed E-state index contributed by atoms with van der Waals surface area (Å²) in [6.45, 7) is 6.86. The molecule has 1 aromatic heterocycles. The Balaban J connectivity index is 2.00. The third-order valence-corrected chi connectivity index (χ3v) is 3.73. The summed E-state index contributed by atoms with van der Waals surface area (Å²) in [5, 5.41) is 2.94. The number of amides is 1. The molecule has 128 valence electrons. The number of ether oxygens (including phenoxy) is 1.